The Morgan fingerprint density at radius 3 is 2.41 bits per heavy atom. The molecule has 1 aromatic heterocycles. The first kappa shape index (κ1) is 18.1. The fourth-order valence-electron chi connectivity index (χ4n) is 4.31. The fraction of sp³-hybridized carbons (Fsp3) is 0.250. The molecule has 29 heavy (non-hydrogen) atoms. The van der Waals surface area contributed by atoms with Crippen LogP contribution in [-0.2, 0) is 9.59 Å². The highest BCUT2D eigenvalue weighted by Gasteiger charge is 2.43. The minimum atomic E-state index is -0.220. The van der Waals surface area contributed by atoms with Crippen molar-refractivity contribution in [3.05, 3.63) is 70.6 Å². The van der Waals surface area contributed by atoms with Gasteiger partial charge in [-0.05, 0) is 41.7 Å². The summed E-state index contributed by atoms with van der Waals surface area (Å²) in [5.74, 6) is 0.227. The molecule has 0 atom stereocenters. The summed E-state index contributed by atoms with van der Waals surface area (Å²) in [6.45, 7) is 3.87. The van der Waals surface area contributed by atoms with E-state index in [1.54, 1.807) is 0 Å². The molecule has 4 nitrogen and oxygen atoms in total. The van der Waals surface area contributed by atoms with Gasteiger partial charge in [0.1, 0.15) is 5.70 Å². The molecule has 146 valence electrons. The molecule has 2 aromatic carbocycles. The number of piperidine rings is 1. The van der Waals surface area contributed by atoms with Crippen LogP contribution in [0.4, 0.5) is 5.69 Å². The summed E-state index contributed by atoms with van der Waals surface area (Å²) in [5.41, 5.74) is 1.78. The predicted octanol–water partition coefficient (Wildman–Crippen LogP) is 4.92. The third-order valence-corrected chi connectivity index (χ3v) is 6.82. The van der Waals surface area contributed by atoms with Gasteiger partial charge in [0.2, 0.25) is 0 Å². The molecule has 2 aliphatic heterocycles. The zero-order valence-corrected chi connectivity index (χ0v) is 17.1. The van der Waals surface area contributed by atoms with E-state index in [4.69, 9.17) is 0 Å². The Morgan fingerprint density at radius 1 is 0.897 bits per heavy atom. The first-order valence-electron chi connectivity index (χ1n) is 10.0. The zero-order valence-electron chi connectivity index (χ0n) is 16.3. The van der Waals surface area contributed by atoms with Crippen molar-refractivity contribution < 1.29 is 9.59 Å². The lowest BCUT2D eigenvalue weighted by Crippen LogP contribution is -2.38. The normalized spacial score (nSPS) is 18.4. The molecule has 0 unspecified atom stereocenters. The maximum absolute atomic E-state index is 13.7. The number of benzene rings is 2. The van der Waals surface area contributed by atoms with Gasteiger partial charge in [0.25, 0.3) is 11.8 Å². The molecule has 2 amide bonds. The number of fused-ring (bicyclic) bond motifs is 1. The van der Waals surface area contributed by atoms with Gasteiger partial charge in [-0.25, -0.2) is 4.90 Å². The summed E-state index contributed by atoms with van der Waals surface area (Å²) in [6.07, 6.45) is 2.08. The third kappa shape index (κ3) is 2.97. The second kappa shape index (κ2) is 7.16. The van der Waals surface area contributed by atoms with Gasteiger partial charge in [-0.1, -0.05) is 49.4 Å². The highest BCUT2D eigenvalue weighted by Crippen LogP contribution is 2.39. The number of likely N-dealkylation sites (tertiary alicyclic amines) is 1. The molecule has 0 N–H and O–H groups in total. The largest absolute Gasteiger partial charge is 0.366 e. The lowest BCUT2D eigenvalue weighted by molar-refractivity contribution is -0.120. The number of hydrogen-bond acceptors (Lipinski definition) is 4. The number of carbonyl (C=O) groups excluding carboxylic acids is 2. The van der Waals surface area contributed by atoms with Gasteiger partial charge in [0.05, 0.1) is 11.3 Å². The Morgan fingerprint density at radius 2 is 1.66 bits per heavy atom. The predicted molar refractivity (Wildman–Crippen MR) is 118 cm³/mol. The lowest BCUT2D eigenvalue weighted by Gasteiger charge is -2.32. The molecule has 3 heterocycles. The third-order valence-electron chi connectivity index (χ3n) is 5.93. The monoisotopic (exact) mass is 402 g/mol. The minimum absolute atomic E-state index is 0.204. The van der Waals surface area contributed by atoms with E-state index in [9.17, 15) is 9.59 Å². The molecule has 0 saturated carbocycles. The molecule has 0 radical (unpaired) electrons. The van der Waals surface area contributed by atoms with Crippen LogP contribution < -0.4 is 4.90 Å². The van der Waals surface area contributed by atoms with Gasteiger partial charge in [-0.3, -0.25) is 9.59 Å². The molecule has 0 spiro atoms. The number of carbonyl (C=O) groups is 2. The van der Waals surface area contributed by atoms with Gasteiger partial charge < -0.3 is 4.90 Å². The van der Waals surface area contributed by atoms with E-state index in [0.717, 1.165) is 41.6 Å². The van der Waals surface area contributed by atoms with Gasteiger partial charge in [0, 0.05) is 23.4 Å². The van der Waals surface area contributed by atoms with Crippen molar-refractivity contribution in [3.63, 3.8) is 0 Å². The Labute approximate surface area is 174 Å². The van der Waals surface area contributed by atoms with Crippen LogP contribution in [0.25, 0.3) is 16.3 Å². The van der Waals surface area contributed by atoms with E-state index in [-0.39, 0.29) is 11.8 Å². The van der Waals surface area contributed by atoms with E-state index in [2.05, 4.69) is 11.8 Å². The van der Waals surface area contributed by atoms with Crippen LogP contribution in [0.2, 0.25) is 0 Å². The highest BCUT2D eigenvalue weighted by molar-refractivity contribution is 7.11. The maximum atomic E-state index is 13.7. The van der Waals surface area contributed by atoms with Crippen LogP contribution in [0.1, 0.15) is 24.6 Å². The van der Waals surface area contributed by atoms with Crippen molar-refractivity contribution in [2.45, 2.75) is 19.8 Å². The van der Waals surface area contributed by atoms with E-state index >= 15 is 0 Å². The summed E-state index contributed by atoms with van der Waals surface area (Å²) in [4.78, 5) is 31.6. The molecular weight excluding hydrogens is 380 g/mol. The van der Waals surface area contributed by atoms with Crippen LogP contribution in [0, 0.1) is 5.92 Å². The van der Waals surface area contributed by atoms with Crippen LogP contribution in [0.15, 0.2) is 65.7 Å². The van der Waals surface area contributed by atoms with Crippen molar-refractivity contribution >= 4 is 45.2 Å². The first-order valence-corrected chi connectivity index (χ1v) is 10.9. The smallest absolute Gasteiger partial charge is 0.282 e. The van der Waals surface area contributed by atoms with Crippen LogP contribution in [0.5, 0.6) is 0 Å². The lowest BCUT2D eigenvalue weighted by atomic mass is 9.98. The highest BCUT2D eigenvalue weighted by atomic mass is 32.1. The number of amides is 2. The van der Waals surface area contributed by atoms with Crippen molar-refractivity contribution in [1.82, 2.24) is 4.90 Å². The summed E-state index contributed by atoms with van der Waals surface area (Å²) >= 11 is 1.51. The molecule has 1 fully saturated rings. The Bertz CT molecular complexity index is 1120. The van der Waals surface area contributed by atoms with E-state index in [0.29, 0.717) is 22.9 Å². The van der Waals surface area contributed by atoms with Crippen molar-refractivity contribution in [2.75, 3.05) is 18.0 Å². The number of anilines is 1. The summed E-state index contributed by atoms with van der Waals surface area (Å²) in [5, 5.41) is 3.88. The zero-order chi connectivity index (χ0) is 20.0. The van der Waals surface area contributed by atoms with Gasteiger partial charge >= 0.3 is 0 Å². The van der Waals surface area contributed by atoms with Gasteiger partial charge in [0.15, 0.2) is 0 Å². The average molecular weight is 403 g/mol. The van der Waals surface area contributed by atoms with Crippen LogP contribution >= 0.6 is 11.3 Å². The second-order valence-electron chi connectivity index (χ2n) is 7.81. The number of thiophene rings is 1. The number of rotatable bonds is 3. The quantitative estimate of drug-likeness (QED) is 0.584. The Hall–Kier alpha value is -2.92. The topological polar surface area (TPSA) is 40.6 Å². The van der Waals surface area contributed by atoms with Crippen molar-refractivity contribution in [3.8, 4) is 0 Å². The molecule has 3 aromatic rings. The Balaban J connectivity index is 1.64. The molecular formula is C24H22N2O2S. The standard InChI is InChI=1S/C24H22N2O2S/c1-16-11-13-25(14-12-16)22-21(20-10-5-15-29-20)23(27)26(24(22)28)19-9-4-7-17-6-2-3-8-18(17)19/h2-10,15-16H,11-14H2,1H3. The molecule has 0 bridgehead atoms. The number of hydrogen-bond donors (Lipinski definition) is 0. The fourth-order valence-corrected chi connectivity index (χ4v) is 5.07. The Kier molecular flexibility index (Phi) is 4.47. The SMILES string of the molecule is CC1CCN(C2=C(c3cccs3)C(=O)N(c3cccc4ccccc34)C2=O)CC1. The molecule has 2 aliphatic rings. The summed E-state index contributed by atoms with van der Waals surface area (Å²) < 4.78 is 0. The average Bonchev–Trinajstić information content (AvgIpc) is 3.35. The second-order valence-corrected chi connectivity index (χ2v) is 8.76. The number of nitrogens with zero attached hydrogens (tertiary/aromatic N) is 2. The molecule has 5 rings (SSSR count). The van der Waals surface area contributed by atoms with E-state index in [1.807, 2.05) is 60.0 Å². The molecule has 1 saturated heterocycles. The first-order chi connectivity index (χ1) is 14.1. The van der Waals surface area contributed by atoms with E-state index < -0.39 is 0 Å². The van der Waals surface area contributed by atoms with Gasteiger partial charge in [-0.15, -0.1) is 11.3 Å². The molecule has 0 aliphatic carbocycles. The van der Waals surface area contributed by atoms with Crippen LogP contribution in [-0.4, -0.2) is 29.8 Å². The van der Waals surface area contributed by atoms with Crippen molar-refractivity contribution in [1.29, 1.82) is 0 Å². The number of imide groups is 1. The minimum Gasteiger partial charge on any atom is -0.366 e. The molecule has 5 heteroatoms. The summed E-state index contributed by atoms with van der Waals surface area (Å²) in [7, 11) is 0. The van der Waals surface area contributed by atoms with E-state index in [1.165, 1.54) is 16.2 Å². The van der Waals surface area contributed by atoms with Crippen molar-refractivity contribution in [2.24, 2.45) is 5.92 Å². The van der Waals surface area contributed by atoms with Gasteiger partial charge in [-0.2, -0.15) is 0 Å². The maximum Gasteiger partial charge on any atom is 0.282 e. The summed E-state index contributed by atoms with van der Waals surface area (Å²) in [6, 6.07) is 17.5. The van der Waals surface area contributed by atoms with Crippen LogP contribution in [0.3, 0.4) is 0 Å².